The molecule has 3 N–H and O–H groups in total. The van der Waals surface area contributed by atoms with Crippen molar-refractivity contribution < 1.29 is 13.9 Å². The van der Waals surface area contributed by atoms with Crippen LogP contribution < -0.4 is 10.6 Å². The van der Waals surface area contributed by atoms with Crippen molar-refractivity contribution in [1.82, 2.24) is 0 Å². The Morgan fingerprint density at radius 3 is 2.43 bits per heavy atom. The number of halogens is 2. The number of hydrogen-bond donors (Lipinski definition) is 2. The van der Waals surface area contributed by atoms with Gasteiger partial charge in [0.1, 0.15) is 5.75 Å². The third kappa shape index (κ3) is 2.83. The fraction of sp³-hybridized carbons (Fsp3) is 0.250. The number of hydrogen-bond acceptors (Lipinski definition) is 3. The minimum absolute atomic E-state index is 0.0552. The molecule has 0 atom stereocenters. The largest absolute Gasteiger partial charge is 0.508 e. The number of nitrogens with two attached hydrogens (primary N) is 1. The number of rotatable bonds is 4. The maximum Gasteiger partial charge on any atom is 0.182 e. The van der Waals surface area contributed by atoms with Gasteiger partial charge in [0.15, 0.2) is 11.6 Å². The fourth-order valence-electron chi connectivity index (χ4n) is 2.30. The lowest BCUT2D eigenvalue weighted by Crippen LogP contribution is -2.19. The van der Waals surface area contributed by atoms with Gasteiger partial charge < -0.3 is 15.7 Å². The van der Waals surface area contributed by atoms with E-state index in [9.17, 15) is 13.9 Å². The molecule has 0 aliphatic heterocycles. The summed E-state index contributed by atoms with van der Waals surface area (Å²) < 4.78 is 28.2. The zero-order valence-electron chi connectivity index (χ0n) is 12.0. The Morgan fingerprint density at radius 2 is 1.81 bits per heavy atom. The molecule has 0 heterocycles. The molecule has 2 rings (SSSR count). The number of aryl methyl sites for hydroxylation is 1. The first-order valence-electron chi connectivity index (χ1n) is 6.73. The molecule has 0 aliphatic carbocycles. The molecule has 112 valence electrons. The molecule has 0 saturated heterocycles. The first-order chi connectivity index (χ1) is 9.99. The average molecular weight is 292 g/mol. The van der Waals surface area contributed by atoms with E-state index in [0.29, 0.717) is 12.2 Å². The van der Waals surface area contributed by atoms with Crippen molar-refractivity contribution in [3.63, 3.8) is 0 Å². The van der Waals surface area contributed by atoms with Crippen LogP contribution in [-0.4, -0.2) is 11.7 Å². The van der Waals surface area contributed by atoms with E-state index in [4.69, 9.17) is 5.73 Å². The topological polar surface area (TPSA) is 49.5 Å². The predicted octanol–water partition coefficient (Wildman–Crippen LogP) is 3.60. The van der Waals surface area contributed by atoms with E-state index in [1.165, 1.54) is 18.2 Å². The monoisotopic (exact) mass is 292 g/mol. The lowest BCUT2D eigenvalue weighted by Gasteiger charge is -2.26. The Labute approximate surface area is 122 Å². The first kappa shape index (κ1) is 15.3. The molecule has 2 aromatic carbocycles. The van der Waals surface area contributed by atoms with Gasteiger partial charge in [0.2, 0.25) is 0 Å². The van der Waals surface area contributed by atoms with Gasteiger partial charge in [-0.15, -0.1) is 0 Å². The summed E-state index contributed by atoms with van der Waals surface area (Å²) in [5.41, 5.74) is 7.14. The maximum absolute atomic E-state index is 14.3. The lowest BCUT2D eigenvalue weighted by atomic mass is 10.1. The molecule has 0 aromatic heterocycles. The number of benzene rings is 2. The van der Waals surface area contributed by atoms with E-state index in [0.717, 1.165) is 5.56 Å². The van der Waals surface area contributed by atoms with Gasteiger partial charge in [-0.25, -0.2) is 8.78 Å². The third-order valence-corrected chi connectivity index (χ3v) is 3.45. The van der Waals surface area contributed by atoms with Crippen LogP contribution in [0.4, 0.5) is 20.2 Å². The molecule has 21 heavy (non-hydrogen) atoms. The first-order valence-corrected chi connectivity index (χ1v) is 6.73. The summed E-state index contributed by atoms with van der Waals surface area (Å²) in [6, 6.07) is 7.81. The van der Waals surface area contributed by atoms with Crippen molar-refractivity contribution in [3.05, 3.63) is 53.1 Å². The van der Waals surface area contributed by atoms with E-state index >= 15 is 0 Å². The van der Waals surface area contributed by atoms with Crippen molar-refractivity contribution in [1.29, 1.82) is 0 Å². The minimum atomic E-state index is -0.928. The third-order valence-electron chi connectivity index (χ3n) is 3.45. The molecule has 0 spiro atoms. The van der Waals surface area contributed by atoms with Gasteiger partial charge in [0.05, 0.1) is 5.69 Å². The molecule has 2 aromatic rings. The van der Waals surface area contributed by atoms with Crippen LogP contribution in [0.15, 0.2) is 30.3 Å². The molecule has 0 unspecified atom stereocenters. The molecule has 5 heteroatoms. The molecule has 3 nitrogen and oxygen atoms in total. The van der Waals surface area contributed by atoms with Gasteiger partial charge in [-0.2, -0.15) is 0 Å². The maximum atomic E-state index is 14.3. The molecular weight excluding hydrogens is 274 g/mol. The van der Waals surface area contributed by atoms with Gasteiger partial charge in [-0.1, -0.05) is 12.1 Å². The summed E-state index contributed by atoms with van der Waals surface area (Å²) >= 11 is 0. The van der Waals surface area contributed by atoms with Crippen LogP contribution in [-0.2, 0) is 6.54 Å². The summed E-state index contributed by atoms with van der Waals surface area (Å²) in [7, 11) is 0. The zero-order chi connectivity index (χ0) is 15.6. The second kappa shape index (κ2) is 6.10. The second-order valence-electron chi connectivity index (χ2n) is 4.79. The van der Waals surface area contributed by atoms with Crippen LogP contribution >= 0.6 is 0 Å². The van der Waals surface area contributed by atoms with Gasteiger partial charge in [-0.05, 0) is 31.5 Å². The number of nitrogens with zero attached hydrogens (tertiary/aromatic N) is 1. The summed E-state index contributed by atoms with van der Waals surface area (Å²) in [6.07, 6.45) is 0. The summed E-state index contributed by atoms with van der Waals surface area (Å²) in [6.45, 7) is 4.06. The standard InChI is InChI=1S/C16H18F2N2O/c1-3-20(14-8-12(21)6-4-10(14)2)13-7-5-11(9-19)15(17)16(13)18/h4-8,21H,3,9,19H2,1-2H3. The fourth-order valence-corrected chi connectivity index (χ4v) is 2.30. The molecule has 0 amide bonds. The Hall–Kier alpha value is -2.14. The highest BCUT2D eigenvalue weighted by molar-refractivity contribution is 5.68. The summed E-state index contributed by atoms with van der Waals surface area (Å²) in [5.74, 6) is -1.78. The predicted molar refractivity (Wildman–Crippen MR) is 79.8 cm³/mol. The van der Waals surface area contributed by atoms with Crippen molar-refractivity contribution in [3.8, 4) is 5.75 Å². The average Bonchev–Trinajstić information content (AvgIpc) is 2.48. The lowest BCUT2D eigenvalue weighted by molar-refractivity contribution is 0.475. The van der Waals surface area contributed by atoms with E-state index in [1.807, 2.05) is 13.8 Å². The van der Waals surface area contributed by atoms with Crippen molar-refractivity contribution >= 4 is 11.4 Å². The number of phenolic OH excluding ortho intramolecular Hbond substituents is 1. The molecule has 0 aliphatic rings. The van der Waals surface area contributed by atoms with Gasteiger partial charge in [0, 0.05) is 30.4 Å². The Balaban J connectivity index is 2.57. The SMILES string of the molecule is CCN(c1cc(O)ccc1C)c1ccc(CN)c(F)c1F. The van der Waals surface area contributed by atoms with E-state index < -0.39 is 11.6 Å². The van der Waals surface area contributed by atoms with E-state index in [-0.39, 0.29) is 23.5 Å². The van der Waals surface area contributed by atoms with E-state index in [1.54, 1.807) is 17.0 Å². The van der Waals surface area contributed by atoms with Crippen LogP contribution in [0.25, 0.3) is 0 Å². The normalized spacial score (nSPS) is 10.7. The van der Waals surface area contributed by atoms with Crippen LogP contribution in [0.3, 0.4) is 0 Å². The van der Waals surface area contributed by atoms with Crippen molar-refractivity contribution in [2.24, 2.45) is 5.73 Å². The molecule has 0 saturated carbocycles. The highest BCUT2D eigenvalue weighted by atomic mass is 19.2. The Morgan fingerprint density at radius 1 is 1.10 bits per heavy atom. The summed E-state index contributed by atoms with van der Waals surface area (Å²) in [4.78, 5) is 1.62. The quantitative estimate of drug-likeness (QED) is 0.905. The van der Waals surface area contributed by atoms with Gasteiger partial charge in [-0.3, -0.25) is 0 Å². The number of anilines is 2. The van der Waals surface area contributed by atoms with Gasteiger partial charge in [0.25, 0.3) is 0 Å². The van der Waals surface area contributed by atoms with Crippen LogP contribution in [0.1, 0.15) is 18.1 Å². The molecular formula is C16H18F2N2O. The minimum Gasteiger partial charge on any atom is -0.508 e. The number of aromatic hydroxyl groups is 1. The van der Waals surface area contributed by atoms with Crippen LogP contribution in [0, 0.1) is 18.6 Å². The Bertz CT molecular complexity index is 659. The molecule has 0 radical (unpaired) electrons. The van der Waals surface area contributed by atoms with Crippen molar-refractivity contribution in [2.45, 2.75) is 20.4 Å². The highest BCUT2D eigenvalue weighted by Gasteiger charge is 2.19. The highest BCUT2D eigenvalue weighted by Crippen LogP contribution is 2.33. The van der Waals surface area contributed by atoms with Crippen LogP contribution in [0.2, 0.25) is 0 Å². The Kier molecular flexibility index (Phi) is 4.43. The second-order valence-corrected chi connectivity index (χ2v) is 4.79. The van der Waals surface area contributed by atoms with Crippen LogP contribution in [0.5, 0.6) is 5.75 Å². The summed E-state index contributed by atoms with van der Waals surface area (Å²) in [5, 5.41) is 9.62. The number of phenols is 1. The molecule has 0 fully saturated rings. The van der Waals surface area contributed by atoms with Gasteiger partial charge >= 0.3 is 0 Å². The smallest absolute Gasteiger partial charge is 0.182 e. The van der Waals surface area contributed by atoms with Crippen molar-refractivity contribution in [2.75, 3.05) is 11.4 Å². The zero-order valence-corrected chi connectivity index (χ0v) is 12.0. The van der Waals surface area contributed by atoms with E-state index in [2.05, 4.69) is 0 Å². The molecule has 0 bridgehead atoms.